The molecule has 3 unspecified atom stereocenters. The smallest absolute Gasteiger partial charge is 0.0471 e. The quantitative estimate of drug-likeness (QED) is 0.835. The van der Waals surface area contributed by atoms with Crippen LogP contribution in [0.4, 0.5) is 0 Å². The number of ether oxygens (including phenoxy) is 1. The van der Waals surface area contributed by atoms with Crippen LogP contribution in [-0.2, 0) is 15.5 Å². The van der Waals surface area contributed by atoms with Crippen molar-refractivity contribution in [3.8, 4) is 0 Å². The van der Waals surface area contributed by atoms with Crippen LogP contribution in [0.1, 0.15) is 39.0 Å². The van der Waals surface area contributed by atoms with E-state index in [-0.39, 0.29) is 5.25 Å². The lowest BCUT2D eigenvalue weighted by Crippen LogP contribution is -2.47. The summed E-state index contributed by atoms with van der Waals surface area (Å²) in [6.07, 6.45) is 8.16. The first kappa shape index (κ1) is 13.5. The van der Waals surface area contributed by atoms with Crippen LogP contribution in [0.5, 0.6) is 0 Å². The molecule has 1 heterocycles. The van der Waals surface area contributed by atoms with Crippen molar-refractivity contribution >= 4 is 10.8 Å². The van der Waals surface area contributed by atoms with Crippen molar-refractivity contribution in [2.75, 3.05) is 26.0 Å². The van der Waals surface area contributed by atoms with Gasteiger partial charge in [0.25, 0.3) is 0 Å². The molecule has 3 nitrogen and oxygen atoms in total. The summed E-state index contributed by atoms with van der Waals surface area (Å²) in [5.74, 6) is 0. The molecule has 1 aliphatic carbocycles. The summed E-state index contributed by atoms with van der Waals surface area (Å²) in [4.78, 5) is 0. The lowest BCUT2D eigenvalue weighted by atomic mass is 9.75. The zero-order chi connectivity index (χ0) is 12.3. The molecule has 3 atom stereocenters. The molecule has 0 radical (unpaired) electrons. The van der Waals surface area contributed by atoms with E-state index in [2.05, 4.69) is 12.2 Å². The summed E-state index contributed by atoms with van der Waals surface area (Å²) in [5, 5.41) is 3.93. The largest absolute Gasteiger partial charge is 0.381 e. The van der Waals surface area contributed by atoms with Gasteiger partial charge in [0, 0.05) is 48.1 Å². The fourth-order valence-corrected chi connectivity index (χ4v) is 3.59. The summed E-state index contributed by atoms with van der Waals surface area (Å²) in [5.41, 5.74) is 0.479. The van der Waals surface area contributed by atoms with Crippen LogP contribution in [0, 0.1) is 5.41 Å². The Labute approximate surface area is 107 Å². The van der Waals surface area contributed by atoms with Gasteiger partial charge < -0.3 is 10.1 Å². The van der Waals surface area contributed by atoms with Crippen molar-refractivity contribution in [2.45, 2.75) is 50.3 Å². The average Bonchev–Trinajstić information content (AvgIpc) is 2.69. The van der Waals surface area contributed by atoms with Crippen LogP contribution in [0.15, 0.2) is 0 Å². The molecule has 1 N–H and O–H groups in total. The van der Waals surface area contributed by atoms with Crippen molar-refractivity contribution in [3.63, 3.8) is 0 Å². The van der Waals surface area contributed by atoms with Crippen molar-refractivity contribution in [1.29, 1.82) is 0 Å². The van der Waals surface area contributed by atoms with Gasteiger partial charge in [-0.2, -0.15) is 0 Å². The Morgan fingerprint density at radius 2 is 2.12 bits per heavy atom. The lowest BCUT2D eigenvalue weighted by molar-refractivity contribution is 0.00457. The van der Waals surface area contributed by atoms with Crippen LogP contribution in [0.25, 0.3) is 0 Å². The Morgan fingerprint density at radius 3 is 2.76 bits per heavy atom. The molecule has 0 aromatic carbocycles. The van der Waals surface area contributed by atoms with Gasteiger partial charge in [-0.15, -0.1) is 0 Å². The number of rotatable bonds is 4. The maximum Gasteiger partial charge on any atom is 0.0471 e. The predicted molar refractivity (Wildman–Crippen MR) is 71.7 cm³/mol. The molecule has 0 amide bonds. The van der Waals surface area contributed by atoms with Crippen LogP contribution >= 0.6 is 0 Å². The molecule has 1 saturated heterocycles. The van der Waals surface area contributed by atoms with Crippen LogP contribution in [0.3, 0.4) is 0 Å². The topological polar surface area (TPSA) is 38.3 Å². The zero-order valence-electron chi connectivity index (χ0n) is 11.0. The maximum absolute atomic E-state index is 11.4. The third kappa shape index (κ3) is 3.09. The first-order chi connectivity index (χ1) is 8.14. The molecule has 1 saturated carbocycles. The highest BCUT2D eigenvalue weighted by Crippen LogP contribution is 2.45. The van der Waals surface area contributed by atoms with Gasteiger partial charge in [-0.25, -0.2) is 0 Å². The zero-order valence-corrected chi connectivity index (χ0v) is 11.9. The Hall–Kier alpha value is 0.0700. The standard InChI is InChI=1S/C13H25NO2S/c1-11(17(2)15)10-14-12-4-3-5-13(12)6-8-16-9-7-13/h11-12,14H,3-10H2,1-2H3. The first-order valence-corrected chi connectivity index (χ1v) is 8.39. The monoisotopic (exact) mass is 259 g/mol. The van der Waals surface area contributed by atoms with E-state index in [1.807, 2.05) is 0 Å². The van der Waals surface area contributed by atoms with Gasteiger partial charge in [-0.05, 0) is 38.0 Å². The van der Waals surface area contributed by atoms with Gasteiger partial charge in [0.1, 0.15) is 0 Å². The van der Waals surface area contributed by atoms with E-state index in [0.29, 0.717) is 11.5 Å². The maximum atomic E-state index is 11.4. The van der Waals surface area contributed by atoms with E-state index in [4.69, 9.17) is 4.74 Å². The third-order valence-corrected chi connectivity index (χ3v) is 5.91. The molecule has 0 aromatic rings. The third-order valence-electron chi connectivity index (χ3n) is 4.61. The second-order valence-electron chi connectivity index (χ2n) is 5.64. The van der Waals surface area contributed by atoms with Gasteiger partial charge in [-0.1, -0.05) is 6.42 Å². The van der Waals surface area contributed by atoms with Crippen molar-refractivity contribution in [1.82, 2.24) is 5.32 Å². The first-order valence-electron chi connectivity index (χ1n) is 6.77. The van der Waals surface area contributed by atoms with E-state index in [1.165, 1.54) is 32.1 Å². The van der Waals surface area contributed by atoms with Gasteiger partial charge in [0.2, 0.25) is 0 Å². The second kappa shape index (κ2) is 5.81. The minimum atomic E-state index is -0.714. The fraction of sp³-hybridized carbons (Fsp3) is 1.00. The van der Waals surface area contributed by atoms with Gasteiger partial charge >= 0.3 is 0 Å². The number of hydrogen-bond donors (Lipinski definition) is 1. The van der Waals surface area contributed by atoms with E-state index < -0.39 is 10.8 Å². The van der Waals surface area contributed by atoms with E-state index in [1.54, 1.807) is 6.26 Å². The van der Waals surface area contributed by atoms with Crippen LogP contribution in [-0.4, -0.2) is 41.5 Å². The highest BCUT2D eigenvalue weighted by molar-refractivity contribution is 7.84. The number of nitrogens with one attached hydrogen (secondary N) is 1. The summed E-state index contributed by atoms with van der Waals surface area (Å²) in [7, 11) is -0.714. The number of hydrogen-bond acceptors (Lipinski definition) is 3. The molecular formula is C13H25NO2S. The summed E-state index contributed by atoms with van der Waals surface area (Å²) >= 11 is 0. The molecule has 0 aromatic heterocycles. The van der Waals surface area contributed by atoms with Gasteiger partial charge in [-0.3, -0.25) is 4.21 Å². The summed E-state index contributed by atoms with van der Waals surface area (Å²) in [6, 6.07) is 0.623. The molecule has 0 bridgehead atoms. The van der Waals surface area contributed by atoms with Crippen molar-refractivity contribution < 1.29 is 8.95 Å². The van der Waals surface area contributed by atoms with Crippen LogP contribution < -0.4 is 5.32 Å². The normalized spacial score (nSPS) is 31.5. The highest BCUT2D eigenvalue weighted by atomic mass is 32.2. The Balaban J connectivity index is 1.88. The molecule has 2 aliphatic rings. The highest BCUT2D eigenvalue weighted by Gasteiger charge is 2.43. The predicted octanol–water partition coefficient (Wildman–Crippen LogP) is 1.69. The Kier molecular flexibility index (Phi) is 4.61. The van der Waals surface area contributed by atoms with Crippen LogP contribution in [0.2, 0.25) is 0 Å². The lowest BCUT2D eigenvalue weighted by Gasteiger charge is -2.39. The average molecular weight is 259 g/mol. The molecule has 2 fully saturated rings. The Morgan fingerprint density at radius 1 is 1.41 bits per heavy atom. The summed E-state index contributed by atoms with van der Waals surface area (Å²) < 4.78 is 16.9. The molecule has 1 aliphatic heterocycles. The molecular weight excluding hydrogens is 234 g/mol. The van der Waals surface area contributed by atoms with Gasteiger partial charge in [0.05, 0.1) is 0 Å². The van der Waals surface area contributed by atoms with E-state index >= 15 is 0 Å². The minimum absolute atomic E-state index is 0.257. The minimum Gasteiger partial charge on any atom is -0.381 e. The molecule has 17 heavy (non-hydrogen) atoms. The molecule has 100 valence electrons. The Bertz CT molecular complexity index is 277. The van der Waals surface area contributed by atoms with Crippen molar-refractivity contribution in [2.24, 2.45) is 5.41 Å². The molecule has 4 heteroatoms. The molecule has 2 rings (SSSR count). The molecule has 1 spiro atoms. The van der Waals surface area contributed by atoms with Crippen molar-refractivity contribution in [3.05, 3.63) is 0 Å². The summed E-state index contributed by atoms with van der Waals surface area (Å²) in [6.45, 7) is 4.80. The van der Waals surface area contributed by atoms with E-state index in [9.17, 15) is 4.21 Å². The van der Waals surface area contributed by atoms with E-state index in [0.717, 1.165) is 19.8 Å². The SMILES string of the molecule is CC(CNC1CCCC12CCOCC2)S(C)=O. The second-order valence-corrected chi connectivity index (χ2v) is 7.44. The fourth-order valence-electron chi connectivity index (χ4n) is 3.26. The van der Waals surface area contributed by atoms with Gasteiger partial charge in [0.15, 0.2) is 0 Å².